The van der Waals surface area contributed by atoms with Gasteiger partial charge in [-0.05, 0) is 19.8 Å². The maximum absolute atomic E-state index is 6.54. The van der Waals surface area contributed by atoms with Crippen molar-refractivity contribution in [3.05, 3.63) is 10.8 Å². The van der Waals surface area contributed by atoms with Crippen LogP contribution in [0.1, 0.15) is 49.4 Å². The van der Waals surface area contributed by atoms with Gasteiger partial charge in [-0.2, -0.15) is 9.61 Å². The van der Waals surface area contributed by atoms with E-state index in [1.807, 2.05) is 6.92 Å². The fourth-order valence-corrected chi connectivity index (χ4v) is 3.53. The van der Waals surface area contributed by atoms with Crippen molar-refractivity contribution in [2.75, 3.05) is 0 Å². The molecule has 5 nitrogen and oxygen atoms in total. The Labute approximate surface area is 104 Å². The lowest BCUT2D eigenvalue weighted by atomic mass is 9.92. The lowest BCUT2D eigenvalue weighted by molar-refractivity contribution is 0.379. The Balaban J connectivity index is 2.00. The summed E-state index contributed by atoms with van der Waals surface area (Å²) >= 11 is 1.59. The van der Waals surface area contributed by atoms with Crippen molar-refractivity contribution >= 4 is 16.3 Å². The van der Waals surface area contributed by atoms with Crippen LogP contribution in [0.25, 0.3) is 4.96 Å². The smallest absolute Gasteiger partial charge is 0.234 e. The normalized spacial score (nSPS) is 20.6. The molecule has 17 heavy (non-hydrogen) atoms. The number of rotatable bonds is 1. The first-order valence-electron chi connectivity index (χ1n) is 6.17. The van der Waals surface area contributed by atoms with E-state index in [0.717, 1.165) is 28.6 Å². The van der Waals surface area contributed by atoms with Crippen LogP contribution in [0.4, 0.5) is 0 Å². The fourth-order valence-electron chi connectivity index (χ4n) is 2.49. The molecule has 1 fully saturated rings. The standard InChI is InChI=1S/C11H17N5S/c1-8-13-14-10-16(8)15-9(17-10)11(12)6-4-2-3-5-7-11/h2-7,12H2,1H3. The van der Waals surface area contributed by atoms with Crippen LogP contribution >= 0.6 is 11.3 Å². The molecule has 0 amide bonds. The zero-order valence-corrected chi connectivity index (χ0v) is 10.8. The molecule has 0 aromatic carbocycles. The first kappa shape index (κ1) is 11.1. The maximum atomic E-state index is 6.54. The van der Waals surface area contributed by atoms with Gasteiger partial charge in [0, 0.05) is 0 Å². The molecule has 1 aliphatic rings. The van der Waals surface area contributed by atoms with Crippen LogP contribution in [-0.4, -0.2) is 19.8 Å². The molecule has 0 saturated heterocycles. The van der Waals surface area contributed by atoms with E-state index in [0.29, 0.717) is 0 Å². The van der Waals surface area contributed by atoms with E-state index < -0.39 is 0 Å². The van der Waals surface area contributed by atoms with Crippen molar-refractivity contribution in [2.45, 2.75) is 51.0 Å². The van der Waals surface area contributed by atoms with E-state index in [1.165, 1.54) is 25.7 Å². The second-order valence-corrected chi connectivity index (χ2v) is 5.88. The van der Waals surface area contributed by atoms with Gasteiger partial charge in [0.15, 0.2) is 5.82 Å². The fraction of sp³-hybridized carbons (Fsp3) is 0.727. The molecule has 1 aliphatic carbocycles. The molecule has 1 saturated carbocycles. The van der Waals surface area contributed by atoms with E-state index in [2.05, 4.69) is 15.3 Å². The van der Waals surface area contributed by atoms with Gasteiger partial charge >= 0.3 is 0 Å². The van der Waals surface area contributed by atoms with Gasteiger partial charge in [-0.15, -0.1) is 10.2 Å². The van der Waals surface area contributed by atoms with E-state index in [1.54, 1.807) is 15.9 Å². The number of hydrogen-bond donors (Lipinski definition) is 1. The van der Waals surface area contributed by atoms with E-state index in [-0.39, 0.29) is 5.54 Å². The average Bonchev–Trinajstić information content (AvgIpc) is 2.80. The molecule has 0 spiro atoms. The largest absolute Gasteiger partial charge is 0.319 e. The third-order valence-electron chi connectivity index (χ3n) is 3.57. The number of nitrogens with two attached hydrogens (primary N) is 1. The van der Waals surface area contributed by atoms with Crippen molar-refractivity contribution in [1.29, 1.82) is 0 Å². The maximum Gasteiger partial charge on any atom is 0.234 e. The number of fused-ring (bicyclic) bond motifs is 1. The van der Waals surface area contributed by atoms with Crippen molar-refractivity contribution in [2.24, 2.45) is 5.73 Å². The summed E-state index contributed by atoms with van der Waals surface area (Å²) in [5.74, 6) is 0.833. The summed E-state index contributed by atoms with van der Waals surface area (Å²) in [6, 6.07) is 0. The Morgan fingerprint density at radius 3 is 2.53 bits per heavy atom. The SMILES string of the molecule is Cc1nnc2sc(C3(N)CCCCCC3)nn12. The molecule has 0 aliphatic heterocycles. The number of hydrogen-bond acceptors (Lipinski definition) is 5. The number of aromatic nitrogens is 4. The molecular weight excluding hydrogens is 234 g/mol. The zero-order valence-electron chi connectivity index (χ0n) is 10.0. The molecule has 0 atom stereocenters. The monoisotopic (exact) mass is 251 g/mol. The first-order valence-corrected chi connectivity index (χ1v) is 6.99. The van der Waals surface area contributed by atoms with Crippen molar-refractivity contribution in [3.8, 4) is 0 Å². The Bertz CT molecular complexity index is 521. The van der Waals surface area contributed by atoms with E-state index in [9.17, 15) is 0 Å². The quantitative estimate of drug-likeness (QED) is 0.787. The zero-order chi connectivity index (χ0) is 11.9. The summed E-state index contributed by atoms with van der Waals surface area (Å²) in [7, 11) is 0. The Morgan fingerprint density at radius 1 is 1.18 bits per heavy atom. The molecule has 0 bridgehead atoms. The third kappa shape index (κ3) is 1.85. The van der Waals surface area contributed by atoms with Crippen molar-refractivity contribution < 1.29 is 0 Å². The van der Waals surface area contributed by atoms with E-state index in [4.69, 9.17) is 5.73 Å². The molecule has 92 valence electrons. The van der Waals surface area contributed by atoms with Crippen molar-refractivity contribution in [3.63, 3.8) is 0 Å². The Hall–Kier alpha value is -1.01. The van der Waals surface area contributed by atoms with Gasteiger partial charge < -0.3 is 5.73 Å². The second-order valence-electron chi connectivity index (χ2n) is 4.92. The van der Waals surface area contributed by atoms with Gasteiger partial charge in [0.05, 0.1) is 5.54 Å². The van der Waals surface area contributed by atoms with Gasteiger partial charge in [-0.25, -0.2) is 0 Å². The number of aryl methyl sites for hydroxylation is 1. The van der Waals surface area contributed by atoms with Gasteiger partial charge in [0.1, 0.15) is 5.01 Å². The highest BCUT2D eigenvalue weighted by Crippen LogP contribution is 2.35. The molecule has 6 heteroatoms. The molecule has 2 aromatic heterocycles. The van der Waals surface area contributed by atoms with Crippen LogP contribution < -0.4 is 5.73 Å². The predicted octanol–water partition coefficient (Wildman–Crippen LogP) is 2.00. The molecule has 0 radical (unpaired) electrons. The average molecular weight is 251 g/mol. The molecular formula is C11H17N5S. The summed E-state index contributed by atoms with van der Waals surface area (Å²) in [4.78, 5) is 0.853. The van der Waals surface area contributed by atoms with E-state index >= 15 is 0 Å². The molecule has 2 heterocycles. The Kier molecular flexibility index (Phi) is 2.63. The van der Waals surface area contributed by atoms with Gasteiger partial charge in [0.2, 0.25) is 4.96 Å². The molecule has 2 N–H and O–H groups in total. The van der Waals surface area contributed by atoms with Crippen LogP contribution in [-0.2, 0) is 5.54 Å². The van der Waals surface area contributed by atoms with Crippen LogP contribution in [0.2, 0.25) is 0 Å². The molecule has 2 aromatic rings. The highest BCUT2D eigenvalue weighted by molar-refractivity contribution is 7.16. The van der Waals surface area contributed by atoms with Gasteiger partial charge in [-0.1, -0.05) is 37.0 Å². The van der Waals surface area contributed by atoms with Crippen LogP contribution in [0.5, 0.6) is 0 Å². The minimum absolute atomic E-state index is 0.242. The summed E-state index contributed by atoms with van der Waals surface area (Å²) < 4.78 is 1.81. The molecule has 3 rings (SSSR count). The van der Waals surface area contributed by atoms with Crippen LogP contribution in [0, 0.1) is 6.92 Å². The third-order valence-corrected chi connectivity index (χ3v) is 4.69. The lowest BCUT2D eigenvalue weighted by Crippen LogP contribution is -2.36. The highest BCUT2D eigenvalue weighted by Gasteiger charge is 2.32. The summed E-state index contributed by atoms with van der Waals surface area (Å²) in [5, 5.41) is 13.7. The Morgan fingerprint density at radius 2 is 1.88 bits per heavy atom. The minimum atomic E-state index is -0.242. The summed E-state index contributed by atoms with van der Waals surface area (Å²) in [5.41, 5.74) is 6.30. The number of nitrogens with zero attached hydrogens (tertiary/aromatic N) is 4. The van der Waals surface area contributed by atoms with Crippen LogP contribution in [0.3, 0.4) is 0 Å². The molecule has 0 unspecified atom stereocenters. The minimum Gasteiger partial charge on any atom is -0.319 e. The van der Waals surface area contributed by atoms with Crippen molar-refractivity contribution in [1.82, 2.24) is 19.8 Å². The summed E-state index contributed by atoms with van der Waals surface area (Å²) in [6.45, 7) is 1.92. The topological polar surface area (TPSA) is 69.1 Å². The second kappa shape index (κ2) is 4.03. The first-order chi connectivity index (χ1) is 8.19. The lowest BCUT2D eigenvalue weighted by Gasteiger charge is -2.24. The summed E-state index contributed by atoms with van der Waals surface area (Å²) in [6.07, 6.45) is 7.07. The van der Waals surface area contributed by atoms with Gasteiger partial charge in [0.25, 0.3) is 0 Å². The van der Waals surface area contributed by atoms with Gasteiger partial charge in [-0.3, -0.25) is 0 Å². The predicted molar refractivity (Wildman–Crippen MR) is 67.0 cm³/mol. The highest BCUT2D eigenvalue weighted by atomic mass is 32.1. The van der Waals surface area contributed by atoms with Crippen LogP contribution in [0.15, 0.2) is 0 Å².